The Morgan fingerprint density at radius 3 is 2.59 bits per heavy atom. The number of ketones is 1. The second-order valence-electron chi connectivity index (χ2n) is 13.6. The fourth-order valence-electron chi connectivity index (χ4n) is 10.0. The predicted octanol–water partition coefficient (Wildman–Crippen LogP) is 4.70. The first-order chi connectivity index (χ1) is 19.3. The number of esters is 1. The number of halogens is 2. The van der Waals surface area contributed by atoms with Crippen molar-refractivity contribution in [2.75, 3.05) is 6.61 Å². The molecule has 0 aliphatic heterocycles. The number of rotatable bonds is 4. The van der Waals surface area contributed by atoms with Gasteiger partial charge in [-0.1, -0.05) is 19.9 Å². The maximum atomic E-state index is 17.5. The highest BCUT2D eigenvalue weighted by atomic mass is 19.1. The number of hydrogen-bond donors (Lipinski definition) is 1. The van der Waals surface area contributed by atoms with E-state index in [1.807, 2.05) is 0 Å². The van der Waals surface area contributed by atoms with Gasteiger partial charge in [0, 0.05) is 22.7 Å². The summed E-state index contributed by atoms with van der Waals surface area (Å²) in [5, 5.41) is 20.8. The highest BCUT2D eigenvalue weighted by molar-refractivity contribution is 6.01. The van der Waals surface area contributed by atoms with Crippen LogP contribution in [-0.2, 0) is 23.8 Å². The van der Waals surface area contributed by atoms with Gasteiger partial charge < -0.3 is 19.3 Å². The number of carbonyl (C=O) groups excluding carboxylic acids is 3. The van der Waals surface area contributed by atoms with Crippen LogP contribution in [0.25, 0.3) is 0 Å². The minimum absolute atomic E-state index is 0.00262. The summed E-state index contributed by atoms with van der Waals surface area (Å²) in [5.74, 6) is -3.13. The maximum Gasteiger partial charge on any atom is 0.509 e. The molecule has 10 heteroatoms. The molecule has 6 aliphatic carbocycles. The Bertz CT molecular complexity index is 1280. The molecule has 0 aromatic heterocycles. The number of alkyl halides is 2. The van der Waals surface area contributed by atoms with Gasteiger partial charge in [-0.15, -0.1) is 0 Å². The Kier molecular flexibility index (Phi) is 6.46. The molecule has 2 bridgehead atoms. The lowest BCUT2D eigenvalue weighted by molar-refractivity contribution is -0.234. The molecule has 222 valence electrons. The lowest BCUT2D eigenvalue weighted by Gasteiger charge is -2.62. The number of ether oxygens (including phenoxy) is 3. The average molecular weight is 574 g/mol. The van der Waals surface area contributed by atoms with E-state index in [0.29, 0.717) is 5.92 Å². The molecule has 0 heterocycles. The molecule has 0 radical (unpaired) electrons. The van der Waals surface area contributed by atoms with Crippen molar-refractivity contribution in [1.82, 2.24) is 0 Å². The lowest BCUT2D eigenvalue weighted by atomic mass is 9.44. The summed E-state index contributed by atoms with van der Waals surface area (Å²) in [6.45, 7) is 4.26. The first-order valence-corrected chi connectivity index (χ1v) is 14.7. The third-order valence-electron chi connectivity index (χ3n) is 11.9. The Morgan fingerprint density at radius 1 is 1.17 bits per heavy atom. The third-order valence-corrected chi connectivity index (χ3v) is 11.9. The monoisotopic (exact) mass is 573 g/mol. The molecular weight excluding hydrogens is 536 g/mol. The summed E-state index contributed by atoms with van der Waals surface area (Å²) >= 11 is 0. The highest BCUT2D eigenvalue weighted by Crippen LogP contribution is 2.71. The fraction of sp³-hybridized carbons (Fsp3) is 0.742. The summed E-state index contributed by atoms with van der Waals surface area (Å²) in [4.78, 5) is 39.3. The molecule has 0 saturated heterocycles. The SMILES string of the molecule is C[C@@H]1C[C@H]2[C@@H]3C[C@H](F)C4=CC(=O)C=C[C@]4(C)[C@@]3(F)[C@@H](O)C[C@]2(C)[C@@]1(OC(=O)O[C@H]1C[C@H]2CC[C@@H]1C2)C(=O)OCC#N. The van der Waals surface area contributed by atoms with E-state index >= 15 is 8.78 Å². The van der Waals surface area contributed by atoms with Gasteiger partial charge in [0.1, 0.15) is 18.3 Å². The summed E-state index contributed by atoms with van der Waals surface area (Å²) in [6.07, 6.45) is 2.36. The Morgan fingerprint density at radius 2 is 1.93 bits per heavy atom. The zero-order valence-corrected chi connectivity index (χ0v) is 23.6. The Balaban J connectivity index is 1.38. The van der Waals surface area contributed by atoms with E-state index in [0.717, 1.165) is 31.8 Å². The quantitative estimate of drug-likeness (QED) is 0.481. The molecule has 0 aromatic rings. The molecule has 8 nitrogen and oxygen atoms in total. The number of aliphatic hydroxyl groups is 1. The molecule has 6 aliphatic rings. The molecule has 1 N–H and O–H groups in total. The fourth-order valence-corrected chi connectivity index (χ4v) is 10.0. The van der Waals surface area contributed by atoms with Crippen molar-refractivity contribution in [3.05, 3.63) is 23.8 Å². The van der Waals surface area contributed by atoms with E-state index in [4.69, 9.17) is 19.5 Å². The van der Waals surface area contributed by atoms with Crippen molar-refractivity contribution >= 4 is 17.9 Å². The van der Waals surface area contributed by atoms with Crippen molar-refractivity contribution in [2.45, 2.75) is 95.4 Å². The van der Waals surface area contributed by atoms with Crippen LogP contribution in [0.3, 0.4) is 0 Å². The maximum absolute atomic E-state index is 17.5. The van der Waals surface area contributed by atoms with Gasteiger partial charge in [0.25, 0.3) is 0 Å². The van der Waals surface area contributed by atoms with E-state index < -0.39 is 76.6 Å². The van der Waals surface area contributed by atoms with Crippen LogP contribution in [0.5, 0.6) is 0 Å². The van der Waals surface area contributed by atoms with Crippen LogP contribution >= 0.6 is 0 Å². The number of nitriles is 1. The van der Waals surface area contributed by atoms with E-state index in [9.17, 15) is 19.5 Å². The van der Waals surface area contributed by atoms with Crippen molar-refractivity contribution < 1.29 is 42.5 Å². The van der Waals surface area contributed by atoms with Crippen LogP contribution in [0.4, 0.5) is 13.6 Å². The minimum atomic E-state index is -2.35. The standard InChI is InChI=1S/C31H37F2NO7/c1-16-10-20-21-14-23(32)22-13-19(35)6-7-28(22,2)30(21,33)25(36)15-29(20,3)31(16,26(37)39-9-8-34)41-27(38)40-24-12-17-4-5-18(24)11-17/h6-7,13,16-18,20-21,23-25,36H,4-5,9-12,14-15H2,1-3H3/t16-,17+,18-,20+,21+,23+,24+,25+,28+,29+,30+,31+/m1/s1. The number of hydrogen-bond acceptors (Lipinski definition) is 8. The number of aliphatic hydroxyl groups excluding tert-OH is 1. The van der Waals surface area contributed by atoms with Gasteiger partial charge >= 0.3 is 12.1 Å². The van der Waals surface area contributed by atoms with Crippen LogP contribution in [0.2, 0.25) is 0 Å². The zero-order chi connectivity index (χ0) is 29.5. The van der Waals surface area contributed by atoms with E-state index in [-0.39, 0.29) is 36.9 Å². The van der Waals surface area contributed by atoms with E-state index in [1.165, 1.54) is 19.1 Å². The topological polar surface area (TPSA) is 123 Å². The van der Waals surface area contributed by atoms with Crippen molar-refractivity contribution in [1.29, 1.82) is 5.26 Å². The molecule has 0 spiro atoms. The Hall–Kier alpha value is -2.80. The minimum Gasteiger partial charge on any atom is -0.447 e. The van der Waals surface area contributed by atoms with Gasteiger partial charge in [0.05, 0.1) is 6.10 Å². The van der Waals surface area contributed by atoms with Gasteiger partial charge in [0.15, 0.2) is 18.1 Å². The number of carbonyl (C=O) groups is 3. The molecule has 41 heavy (non-hydrogen) atoms. The number of fused-ring (bicyclic) bond motifs is 7. The predicted molar refractivity (Wildman–Crippen MR) is 139 cm³/mol. The summed E-state index contributed by atoms with van der Waals surface area (Å²) in [6, 6.07) is 1.76. The van der Waals surface area contributed by atoms with Gasteiger partial charge in [0.2, 0.25) is 5.60 Å². The number of allylic oxidation sites excluding steroid dienone is 4. The second-order valence-corrected chi connectivity index (χ2v) is 13.6. The molecule has 0 aromatic carbocycles. The number of nitrogens with zero attached hydrogens (tertiary/aromatic N) is 1. The van der Waals surface area contributed by atoms with Crippen LogP contribution < -0.4 is 0 Å². The van der Waals surface area contributed by atoms with Crippen molar-refractivity contribution in [3.8, 4) is 6.07 Å². The van der Waals surface area contributed by atoms with Gasteiger partial charge in [-0.25, -0.2) is 18.4 Å². The molecule has 6 rings (SSSR count). The second kappa shape index (κ2) is 9.35. The van der Waals surface area contributed by atoms with Gasteiger partial charge in [-0.05, 0) is 87.3 Å². The molecule has 0 amide bonds. The van der Waals surface area contributed by atoms with Crippen LogP contribution in [0.15, 0.2) is 23.8 Å². The summed E-state index contributed by atoms with van der Waals surface area (Å²) < 4.78 is 50.3. The van der Waals surface area contributed by atoms with Crippen molar-refractivity contribution in [3.63, 3.8) is 0 Å². The van der Waals surface area contributed by atoms with E-state index in [1.54, 1.807) is 19.9 Å². The van der Waals surface area contributed by atoms with Gasteiger partial charge in [-0.2, -0.15) is 5.26 Å². The molecule has 12 atom stereocenters. The lowest BCUT2D eigenvalue weighted by Crippen LogP contribution is -2.71. The van der Waals surface area contributed by atoms with Crippen LogP contribution in [0, 0.1) is 51.8 Å². The molecule has 0 unspecified atom stereocenters. The first-order valence-electron chi connectivity index (χ1n) is 14.7. The van der Waals surface area contributed by atoms with E-state index in [2.05, 4.69) is 0 Å². The molecule has 5 fully saturated rings. The normalized spacial score (nSPS) is 49.3. The molecule has 5 saturated carbocycles. The highest BCUT2D eigenvalue weighted by Gasteiger charge is 2.79. The van der Waals surface area contributed by atoms with Crippen molar-refractivity contribution in [2.24, 2.45) is 40.4 Å². The van der Waals surface area contributed by atoms with Crippen LogP contribution in [0.1, 0.15) is 65.7 Å². The van der Waals surface area contributed by atoms with Crippen LogP contribution in [-0.4, -0.2) is 59.3 Å². The summed E-state index contributed by atoms with van der Waals surface area (Å²) in [7, 11) is 0. The largest absolute Gasteiger partial charge is 0.509 e. The smallest absolute Gasteiger partial charge is 0.447 e. The summed E-state index contributed by atoms with van der Waals surface area (Å²) in [5.41, 5.74) is -7.28. The average Bonchev–Trinajstić information content (AvgIpc) is 3.59. The third kappa shape index (κ3) is 3.66. The zero-order valence-electron chi connectivity index (χ0n) is 23.6. The van der Waals surface area contributed by atoms with Gasteiger partial charge in [-0.3, -0.25) is 4.79 Å². The first kappa shape index (κ1) is 28.3. The molecular formula is C31H37F2NO7. The Labute approximate surface area is 238 Å².